The van der Waals surface area contributed by atoms with Crippen LogP contribution >= 0.6 is 7.75 Å². The first-order chi connectivity index (χ1) is 31.6. The fraction of sp³-hybridized carbons (Fsp3) is 0.447. The molecule has 18 nitrogen and oxygen atoms in total. The summed E-state index contributed by atoms with van der Waals surface area (Å²) in [5.74, 6) is 1.25. The lowest BCUT2D eigenvalue weighted by Crippen LogP contribution is -2.47. The Morgan fingerprint density at radius 1 is 0.731 bits per heavy atom. The van der Waals surface area contributed by atoms with Crippen molar-refractivity contribution < 1.29 is 42.1 Å². The van der Waals surface area contributed by atoms with E-state index < -0.39 is 81.0 Å². The van der Waals surface area contributed by atoms with Gasteiger partial charge >= 0.3 is 19.1 Å². The van der Waals surface area contributed by atoms with Gasteiger partial charge in [0.2, 0.25) is 0 Å². The van der Waals surface area contributed by atoms with E-state index in [1.165, 1.54) is 21.5 Å². The zero-order chi connectivity index (χ0) is 48.5. The highest BCUT2D eigenvalue weighted by Crippen LogP contribution is 2.47. The number of rotatable bonds is 17. The van der Waals surface area contributed by atoms with Crippen LogP contribution < -0.4 is 37.1 Å². The number of nitrogens with one attached hydrogen (secondary N) is 3. The molecule has 0 spiro atoms. The molecule has 3 aromatic carbocycles. The Kier molecular flexibility index (Phi) is 14.7. The van der Waals surface area contributed by atoms with Gasteiger partial charge in [-0.15, -0.1) is 0 Å². The zero-order valence-electron chi connectivity index (χ0n) is 39.1. The highest BCUT2D eigenvalue weighted by molar-refractivity contribution is 7.50. The van der Waals surface area contributed by atoms with Gasteiger partial charge in [-0.1, -0.05) is 75.4 Å². The number of benzene rings is 3. The van der Waals surface area contributed by atoms with E-state index in [-0.39, 0.29) is 36.6 Å². The molecule has 20 heteroatoms. The number of hydrogen-bond acceptors (Lipinski definition) is 12. The Bertz CT molecular complexity index is 2760. The van der Waals surface area contributed by atoms with E-state index in [0.717, 1.165) is 16.7 Å². The predicted octanol–water partition coefficient (Wildman–Crippen LogP) is 5.77. The summed E-state index contributed by atoms with van der Waals surface area (Å²) in [5.41, 5.74) is -1.02. The van der Waals surface area contributed by atoms with Gasteiger partial charge < -0.3 is 33.0 Å². The number of methoxy groups -OCH3 is 2. The van der Waals surface area contributed by atoms with Gasteiger partial charge in [0.05, 0.1) is 33.0 Å². The minimum Gasteiger partial charge on any atom is -0.497 e. The van der Waals surface area contributed by atoms with Crippen molar-refractivity contribution in [2.45, 2.75) is 108 Å². The van der Waals surface area contributed by atoms with Crippen LogP contribution in [-0.2, 0) is 33.3 Å². The van der Waals surface area contributed by atoms with Gasteiger partial charge in [-0.3, -0.25) is 33.2 Å². The summed E-state index contributed by atoms with van der Waals surface area (Å²) in [6.07, 6.45) is -2.65. The molecule has 2 aromatic heterocycles. The van der Waals surface area contributed by atoms with Crippen molar-refractivity contribution in [2.75, 3.05) is 27.4 Å². The van der Waals surface area contributed by atoms with E-state index in [0.29, 0.717) is 17.1 Å². The maximum atomic E-state index is 14.3. The molecule has 4 heterocycles. The Morgan fingerprint density at radius 3 is 1.67 bits per heavy atom. The molecular weight excluding hydrogens is 902 g/mol. The Balaban J connectivity index is 1.21. The topological polar surface area (TPSA) is 224 Å². The lowest BCUT2D eigenvalue weighted by molar-refractivity contribution is -0.0925. The lowest BCUT2D eigenvalue weighted by Gasteiger charge is -2.39. The van der Waals surface area contributed by atoms with Crippen molar-refractivity contribution >= 4 is 16.1 Å². The van der Waals surface area contributed by atoms with Gasteiger partial charge in [-0.05, 0) is 72.9 Å². The average molecular weight is 962 g/mol. The smallest absolute Gasteiger partial charge is 0.403 e. The molecule has 0 bridgehead atoms. The molecular formula is C47H60N5O13PSi. The first-order valence-corrected chi connectivity index (χ1v) is 26.5. The average Bonchev–Trinajstić information content (AvgIpc) is 3.88. The van der Waals surface area contributed by atoms with Gasteiger partial charge in [-0.2, -0.15) is 0 Å². The van der Waals surface area contributed by atoms with Crippen LogP contribution in [0.3, 0.4) is 0 Å². The highest BCUT2D eigenvalue weighted by atomic mass is 31.2. The zero-order valence-corrected chi connectivity index (χ0v) is 41.0. The van der Waals surface area contributed by atoms with Crippen LogP contribution in [0.4, 0.5) is 0 Å². The first-order valence-electron chi connectivity index (χ1n) is 22.0. The summed E-state index contributed by atoms with van der Waals surface area (Å²) in [6.45, 7) is 13.1. The van der Waals surface area contributed by atoms with Gasteiger partial charge in [0, 0.05) is 42.9 Å². The van der Waals surface area contributed by atoms with E-state index in [4.69, 9.17) is 32.6 Å². The Labute approximate surface area is 388 Å². The molecule has 5 aromatic rings. The third-order valence-electron chi connectivity index (χ3n) is 12.9. The van der Waals surface area contributed by atoms with Gasteiger partial charge in [-0.25, -0.2) is 19.2 Å². The summed E-state index contributed by atoms with van der Waals surface area (Å²) in [7, 11) is -4.06. The van der Waals surface area contributed by atoms with Gasteiger partial charge in [0.1, 0.15) is 41.8 Å². The standard InChI is InChI=1S/C47H60N5O13PSi/c1-29-26-51(44(55)49-42(29)53)40-23-36(64-66(57,58)48-25-38-37(65-67(8,9)46(3,4)5)24-41(62-38)52-27-30(2)43(54)50-45(52)56)39(63-40)28-61-47(31-13-11-10-12-14-31,32-15-19-34(59-6)20-16-32)33-17-21-35(60-7)22-18-33/h10-22,26-27,36-41H,23-25,28H2,1-9H3,(H2,48,57,58)(H,49,53,55)(H,50,54,56)/t36-,37-,38+,39+,40+,41+/m0/s1. The minimum atomic E-state index is -4.76. The number of hydrogen-bond donors (Lipinski definition) is 4. The van der Waals surface area contributed by atoms with Gasteiger partial charge in [0.25, 0.3) is 11.1 Å². The number of nitrogens with zero attached hydrogens (tertiary/aromatic N) is 2. The third-order valence-corrected chi connectivity index (χ3v) is 18.6. The molecule has 0 aliphatic carbocycles. The fourth-order valence-electron chi connectivity index (χ4n) is 8.17. The molecule has 2 aliphatic rings. The monoisotopic (exact) mass is 961 g/mol. The minimum absolute atomic E-state index is 0.0946. The summed E-state index contributed by atoms with van der Waals surface area (Å²) in [5, 5.41) is 2.48. The van der Waals surface area contributed by atoms with Crippen molar-refractivity contribution in [3.05, 3.63) is 161 Å². The largest absolute Gasteiger partial charge is 0.497 e. The quantitative estimate of drug-likeness (QED) is 0.0494. The molecule has 1 unspecified atom stereocenters. The molecule has 2 fully saturated rings. The lowest BCUT2D eigenvalue weighted by atomic mass is 9.80. The van der Waals surface area contributed by atoms with Gasteiger partial charge in [0.15, 0.2) is 8.32 Å². The third kappa shape index (κ3) is 10.8. The van der Waals surface area contributed by atoms with Crippen LogP contribution in [0, 0.1) is 13.8 Å². The fourth-order valence-corrected chi connectivity index (χ4v) is 10.6. The van der Waals surface area contributed by atoms with Crippen LogP contribution in [0.2, 0.25) is 18.1 Å². The number of aromatic nitrogens is 4. The second-order valence-corrected chi connectivity index (χ2v) is 24.8. The summed E-state index contributed by atoms with van der Waals surface area (Å²) in [6, 6.07) is 24.4. The molecule has 67 heavy (non-hydrogen) atoms. The SMILES string of the molecule is COc1ccc(C(OC[C@H]2O[C@@H](n3cc(C)c(=O)[nH]c3=O)C[C@@H]2OP(=O)(O)NC[C@H]2O[C@@H](n3cc(C)c(=O)[nH]c3=O)C[C@@H]2O[Si](C)(C)C(C)(C)C)(c2ccccc2)c2ccc(OC)cc2)cc1. The number of ether oxygens (including phenoxy) is 5. The maximum absolute atomic E-state index is 14.3. The van der Waals surface area contributed by atoms with Crippen LogP contribution in [0.15, 0.2) is 110 Å². The second kappa shape index (κ2) is 19.8. The molecule has 0 saturated carbocycles. The maximum Gasteiger partial charge on any atom is 0.403 e. The number of aromatic amines is 2. The van der Waals surface area contributed by atoms with E-state index in [2.05, 4.69) is 48.9 Å². The van der Waals surface area contributed by atoms with Crippen molar-refractivity contribution in [3.63, 3.8) is 0 Å². The number of H-pyrrole nitrogens is 2. The van der Waals surface area contributed by atoms with Crippen molar-refractivity contribution in [3.8, 4) is 11.5 Å². The normalized spacial score (nSPS) is 22.1. The van der Waals surface area contributed by atoms with E-state index in [9.17, 15) is 28.6 Å². The first kappa shape index (κ1) is 49.7. The van der Waals surface area contributed by atoms with E-state index in [1.807, 2.05) is 78.9 Å². The van der Waals surface area contributed by atoms with E-state index in [1.54, 1.807) is 28.1 Å². The molecule has 0 radical (unpaired) electrons. The predicted molar refractivity (Wildman–Crippen MR) is 252 cm³/mol. The van der Waals surface area contributed by atoms with Crippen LogP contribution in [0.5, 0.6) is 11.5 Å². The molecule has 4 N–H and O–H groups in total. The van der Waals surface area contributed by atoms with Crippen molar-refractivity contribution in [1.29, 1.82) is 0 Å². The van der Waals surface area contributed by atoms with Crippen LogP contribution in [0.25, 0.3) is 0 Å². The summed E-state index contributed by atoms with van der Waals surface area (Å²) < 4.78 is 60.7. The molecule has 360 valence electrons. The van der Waals surface area contributed by atoms with Crippen molar-refractivity contribution in [2.24, 2.45) is 0 Å². The second-order valence-electron chi connectivity index (χ2n) is 18.4. The van der Waals surface area contributed by atoms with E-state index >= 15 is 0 Å². The van der Waals surface area contributed by atoms with Crippen LogP contribution in [-0.4, -0.2) is 84.1 Å². The molecule has 2 aliphatic heterocycles. The highest BCUT2D eigenvalue weighted by Gasteiger charge is 2.48. The Morgan fingerprint density at radius 2 is 1.19 bits per heavy atom. The summed E-state index contributed by atoms with van der Waals surface area (Å²) >= 11 is 0. The molecule has 7 atom stereocenters. The number of aryl methyl sites for hydroxylation is 2. The molecule has 2 saturated heterocycles. The van der Waals surface area contributed by atoms with Crippen LogP contribution in [0.1, 0.15) is 73.9 Å². The van der Waals surface area contributed by atoms with Crippen molar-refractivity contribution in [1.82, 2.24) is 24.2 Å². The molecule has 0 amide bonds. The molecule has 7 rings (SSSR count). The Hall–Kier alpha value is -5.21. The summed E-state index contributed by atoms with van der Waals surface area (Å²) in [4.78, 5) is 67.1.